The number of rotatable bonds is 9. The van der Waals surface area contributed by atoms with Crippen LogP contribution in [0.15, 0.2) is 91.0 Å². The van der Waals surface area contributed by atoms with Crippen LogP contribution in [-0.2, 0) is 24.7 Å². The molecule has 5 atom stereocenters. The minimum absolute atomic E-state index is 0.0493. The van der Waals surface area contributed by atoms with Crippen LogP contribution < -0.4 is 0 Å². The summed E-state index contributed by atoms with van der Waals surface area (Å²) in [6.45, 7) is 7.01. The Balaban J connectivity index is 1.45. The van der Waals surface area contributed by atoms with Gasteiger partial charge in [0, 0.05) is 26.2 Å². The zero-order valence-corrected chi connectivity index (χ0v) is 25.9. The van der Waals surface area contributed by atoms with Gasteiger partial charge in [-0.2, -0.15) is 0 Å². The number of esters is 1. The SMILES string of the molecule is COC(=O)[C@H](C(C)C)N(C)C(=O)C1CCCN(C(=O)C2CN2C(c2ccccc2)(c2ccccc2)c2ccccc2)[C@H]1C. The van der Waals surface area contributed by atoms with Crippen molar-refractivity contribution in [3.05, 3.63) is 108 Å². The molecule has 226 valence electrons. The molecule has 7 nitrogen and oxygen atoms in total. The van der Waals surface area contributed by atoms with Gasteiger partial charge in [0.25, 0.3) is 0 Å². The Morgan fingerprint density at radius 3 is 1.79 bits per heavy atom. The van der Waals surface area contributed by atoms with Gasteiger partial charge < -0.3 is 14.5 Å². The zero-order chi connectivity index (χ0) is 30.7. The number of likely N-dealkylation sites (tertiary alicyclic amines) is 1. The van der Waals surface area contributed by atoms with Crippen LogP contribution in [0.4, 0.5) is 0 Å². The molecular formula is C36H43N3O4. The molecule has 43 heavy (non-hydrogen) atoms. The number of ether oxygens (including phenoxy) is 1. The molecule has 0 aliphatic carbocycles. The van der Waals surface area contributed by atoms with Gasteiger partial charge in [0.2, 0.25) is 11.8 Å². The van der Waals surface area contributed by atoms with Gasteiger partial charge in [-0.15, -0.1) is 0 Å². The number of carbonyl (C=O) groups is 3. The molecule has 2 fully saturated rings. The van der Waals surface area contributed by atoms with Gasteiger partial charge in [0.05, 0.1) is 18.6 Å². The lowest BCUT2D eigenvalue weighted by atomic mass is 9.76. The molecule has 3 aromatic carbocycles. The average molecular weight is 582 g/mol. The van der Waals surface area contributed by atoms with Crippen LogP contribution in [0.2, 0.25) is 0 Å². The number of nitrogens with zero attached hydrogens (tertiary/aromatic N) is 3. The molecule has 2 saturated heterocycles. The first kappa shape index (κ1) is 30.5. The molecule has 5 rings (SSSR count). The van der Waals surface area contributed by atoms with Gasteiger partial charge >= 0.3 is 5.97 Å². The van der Waals surface area contributed by atoms with E-state index in [1.165, 1.54) is 12.0 Å². The topological polar surface area (TPSA) is 69.9 Å². The largest absolute Gasteiger partial charge is 0.467 e. The number of likely N-dealkylation sites (N-methyl/N-ethyl adjacent to an activating group) is 1. The summed E-state index contributed by atoms with van der Waals surface area (Å²) >= 11 is 0. The van der Waals surface area contributed by atoms with Crippen LogP contribution in [-0.4, -0.2) is 77.9 Å². The van der Waals surface area contributed by atoms with Crippen molar-refractivity contribution in [1.82, 2.24) is 14.7 Å². The smallest absolute Gasteiger partial charge is 0.328 e. The second-order valence-corrected chi connectivity index (χ2v) is 12.2. The molecule has 3 aromatic rings. The second kappa shape index (κ2) is 12.7. The van der Waals surface area contributed by atoms with Crippen LogP contribution in [0.25, 0.3) is 0 Å². The molecule has 7 heteroatoms. The van der Waals surface area contributed by atoms with Gasteiger partial charge in [-0.1, -0.05) is 105 Å². The molecule has 0 spiro atoms. The fourth-order valence-corrected chi connectivity index (χ4v) is 7.13. The molecule has 2 heterocycles. The van der Waals surface area contributed by atoms with E-state index >= 15 is 0 Å². The van der Waals surface area contributed by atoms with E-state index in [9.17, 15) is 14.4 Å². The van der Waals surface area contributed by atoms with Crippen molar-refractivity contribution in [3.63, 3.8) is 0 Å². The van der Waals surface area contributed by atoms with Crippen LogP contribution in [0.3, 0.4) is 0 Å². The zero-order valence-electron chi connectivity index (χ0n) is 25.9. The second-order valence-electron chi connectivity index (χ2n) is 12.2. The highest BCUT2D eigenvalue weighted by molar-refractivity contribution is 5.89. The maximum atomic E-state index is 14.3. The van der Waals surface area contributed by atoms with Crippen LogP contribution >= 0.6 is 0 Å². The van der Waals surface area contributed by atoms with E-state index in [0.29, 0.717) is 19.5 Å². The maximum absolute atomic E-state index is 14.3. The van der Waals surface area contributed by atoms with Crippen LogP contribution in [0.5, 0.6) is 0 Å². The van der Waals surface area contributed by atoms with Gasteiger partial charge in [-0.25, -0.2) is 4.79 Å². The Labute approximate surface area is 255 Å². The predicted octanol–water partition coefficient (Wildman–Crippen LogP) is 4.95. The minimum atomic E-state index is -0.669. The third-order valence-electron chi connectivity index (χ3n) is 9.33. The van der Waals surface area contributed by atoms with Gasteiger partial charge in [0.1, 0.15) is 12.1 Å². The first-order valence-corrected chi connectivity index (χ1v) is 15.3. The molecule has 0 aromatic heterocycles. The standard InChI is InChI=1S/C36H43N3O4/c1-25(2)32(35(42)43-5)37(4)33(40)30-22-15-23-38(26(30)3)34(41)31-24-39(31)36(27-16-9-6-10-17-27,28-18-11-7-12-19-28)29-20-13-8-14-21-29/h6-14,16-21,25-26,30-32H,15,22-24H2,1-5H3/t26-,30?,31?,32-,39?/m0/s1. The highest BCUT2D eigenvalue weighted by Crippen LogP contribution is 2.49. The highest BCUT2D eigenvalue weighted by Gasteiger charge is 2.57. The first-order chi connectivity index (χ1) is 20.7. The lowest BCUT2D eigenvalue weighted by molar-refractivity contribution is -0.157. The normalized spacial score (nSPS) is 22.5. The fourth-order valence-electron chi connectivity index (χ4n) is 7.13. The quantitative estimate of drug-likeness (QED) is 0.203. The average Bonchev–Trinajstić information content (AvgIpc) is 3.83. The molecule has 0 N–H and O–H groups in total. The van der Waals surface area contributed by atoms with Crippen molar-refractivity contribution in [2.45, 2.75) is 57.3 Å². The van der Waals surface area contributed by atoms with E-state index < -0.39 is 17.6 Å². The Hall–Kier alpha value is -3.97. The predicted molar refractivity (Wildman–Crippen MR) is 167 cm³/mol. The van der Waals surface area contributed by atoms with E-state index in [1.54, 1.807) is 7.05 Å². The summed E-state index contributed by atoms with van der Waals surface area (Å²) in [5.41, 5.74) is 2.66. The summed E-state index contributed by atoms with van der Waals surface area (Å²) in [7, 11) is 3.02. The Morgan fingerprint density at radius 2 is 1.35 bits per heavy atom. The van der Waals surface area contributed by atoms with Crippen LogP contribution in [0, 0.1) is 11.8 Å². The Bertz CT molecular complexity index is 1320. The van der Waals surface area contributed by atoms with Crippen molar-refractivity contribution < 1.29 is 19.1 Å². The maximum Gasteiger partial charge on any atom is 0.328 e. The summed E-state index contributed by atoms with van der Waals surface area (Å²) in [5.74, 6) is -0.972. The number of piperidine rings is 1. The highest BCUT2D eigenvalue weighted by atomic mass is 16.5. The van der Waals surface area contributed by atoms with Gasteiger partial charge in [0.15, 0.2) is 0 Å². The lowest BCUT2D eigenvalue weighted by Crippen LogP contribution is -2.56. The summed E-state index contributed by atoms with van der Waals surface area (Å²) in [5, 5.41) is 0. The van der Waals surface area contributed by atoms with E-state index in [1.807, 2.05) is 43.9 Å². The Morgan fingerprint density at radius 1 is 0.860 bits per heavy atom. The molecule has 0 bridgehead atoms. The summed E-state index contributed by atoms with van der Waals surface area (Å²) in [6, 6.07) is 29.9. The number of carbonyl (C=O) groups excluding carboxylic acids is 3. The van der Waals surface area contributed by atoms with Crippen molar-refractivity contribution in [2.24, 2.45) is 11.8 Å². The van der Waals surface area contributed by atoms with Crippen molar-refractivity contribution >= 4 is 17.8 Å². The number of benzene rings is 3. The van der Waals surface area contributed by atoms with Gasteiger partial charge in [-0.05, 0) is 42.4 Å². The summed E-state index contributed by atoms with van der Waals surface area (Å²) in [4.78, 5) is 46.4. The van der Waals surface area contributed by atoms with E-state index in [0.717, 1.165) is 23.1 Å². The van der Waals surface area contributed by atoms with Gasteiger partial charge in [-0.3, -0.25) is 14.5 Å². The van der Waals surface area contributed by atoms with E-state index in [2.05, 4.69) is 77.7 Å². The van der Waals surface area contributed by atoms with E-state index in [-0.39, 0.29) is 35.7 Å². The summed E-state index contributed by atoms with van der Waals surface area (Å²) in [6.07, 6.45) is 1.41. The monoisotopic (exact) mass is 581 g/mol. The Kier molecular flexibility index (Phi) is 9.02. The molecule has 0 saturated carbocycles. The molecule has 2 aliphatic heterocycles. The lowest BCUT2D eigenvalue weighted by Gasteiger charge is -2.42. The van der Waals surface area contributed by atoms with Crippen molar-refractivity contribution in [1.29, 1.82) is 0 Å². The number of amides is 2. The third kappa shape index (κ3) is 5.58. The first-order valence-electron chi connectivity index (χ1n) is 15.3. The number of methoxy groups -OCH3 is 1. The molecule has 2 amide bonds. The van der Waals surface area contributed by atoms with Crippen LogP contribution in [0.1, 0.15) is 50.3 Å². The minimum Gasteiger partial charge on any atom is -0.467 e. The number of hydrogen-bond donors (Lipinski definition) is 0. The summed E-state index contributed by atoms with van der Waals surface area (Å²) < 4.78 is 5.01. The van der Waals surface area contributed by atoms with Crippen molar-refractivity contribution in [2.75, 3.05) is 27.2 Å². The molecule has 0 radical (unpaired) electrons. The molecule has 3 unspecified atom stereocenters. The fraction of sp³-hybridized carbons (Fsp3) is 0.417. The number of hydrogen-bond acceptors (Lipinski definition) is 5. The third-order valence-corrected chi connectivity index (χ3v) is 9.33. The van der Waals surface area contributed by atoms with E-state index in [4.69, 9.17) is 4.74 Å². The molecular weight excluding hydrogens is 538 g/mol. The van der Waals surface area contributed by atoms with Crippen molar-refractivity contribution in [3.8, 4) is 0 Å². The molecule has 2 aliphatic rings.